The highest BCUT2D eigenvalue weighted by Crippen LogP contribution is 2.66. The Morgan fingerprint density at radius 1 is 1.24 bits per heavy atom. The quantitative estimate of drug-likeness (QED) is 0.562. The van der Waals surface area contributed by atoms with Crippen molar-refractivity contribution >= 4 is 18.7 Å². The molecule has 0 spiro atoms. The van der Waals surface area contributed by atoms with E-state index in [0.29, 0.717) is 11.3 Å². The number of halogens is 1. The van der Waals surface area contributed by atoms with Crippen LogP contribution in [0.1, 0.15) is 40.0 Å². The van der Waals surface area contributed by atoms with Crippen molar-refractivity contribution in [3.05, 3.63) is 24.3 Å². The summed E-state index contributed by atoms with van der Waals surface area (Å²) < 4.78 is 12.7. The minimum atomic E-state index is -0.345. The van der Waals surface area contributed by atoms with Gasteiger partial charge in [-0.1, -0.05) is 38.2 Å². The van der Waals surface area contributed by atoms with Crippen LogP contribution in [-0.4, -0.2) is 23.7 Å². The Bertz CT molecular complexity index is 517. The van der Waals surface area contributed by atoms with E-state index in [-0.39, 0.29) is 23.7 Å². The van der Waals surface area contributed by atoms with E-state index in [1.807, 2.05) is 6.08 Å². The maximum atomic E-state index is 6.70. The lowest BCUT2D eigenvalue weighted by Gasteiger charge is -2.64. The van der Waals surface area contributed by atoms with E-state index >= 15 is 0 Å². The fraction of sp³-hybridized carbons (Fsp3) is 0.765. The average molecular weight is 307 g/mol. The van der Waals surface area contributed by atoms with Crippen molar-refractivity contribution in [2.45, 2.75) is 62.9 Å². The second kappa shape index (κ2) is 4.40. The van der Waals surface area contributed by atoms with Gasteiger partial charge in [0.15, 0.2) is 0 Å². The summed E-state index contributed by atoms with van der Waals surface area (Å²) in [6, 6.07) is 0. The van der Waals surface area contributed by atoms with E-state index in [1.165, 1.54) is 6.42 Å². The number of hydrogen-bond acceptors (Lipinski definition) is 2. The van der Waals surface area contributed by atoms with E-state index in [1.54, 1.807) is 0 Å². The Morgan fingerprint density at radius 2 is 2.05 bits per heavy atom. The van der Waals surface area contributed by atoms with Crippen molar-refractivity contribution in [2.75, 3.05) is 0 Å². The molecule has 0 aromatic heterocycles. The smallest absolute Gasteiger partial charge is 0.405 e. The third kappa shape index (κ3) is 2.00. The lowest BCUT2D eigenvalue weighted by molar-refractivity contribution is -0.199. The molecule has 2 nitrogen and oxygen atoms in total. The zero-order valence-corrected chi connectivity index (χ0v) is 13.9. The van der Waals surface area contributed by atoms with E-state index in [4.69, 9.17) is 20.9 Å². The molecule has 0 amide bonds. The fourth-order valence-electron chi connectivity index (χ4n) is 5.11. The molecule has 0 N–H and O–H groups in total. The van der Waals surface area contributed by atoms with Crippen molar-refractivity contribution in [3.63, 3.8) is 0 Å². The van der Waals surface area contributed by atoms with E-state index in [0.717, 1.165) is 25.1 Å². The maximum absolute atomic E-state index is 6.70. The minimum absolute atomic E-state index is 0.121. The zero-order chi connectivity index (χ0) is 14.9. The molecule has 21 heavy (non-hydrogen) atoms. The third-order valence-electron chi connectivity index (χ3n) is 6.61. The molecular formula is C17H24BClO2. The third-order valence-corrected chi connectivity index (χ3v) is 7.04. The van der Waals surface area contributed by atoms with Gasteiger partial charge in [-0.15, -0.1) is 11.6 Å². The summed E-state index contributed by atoms with van der Waals surface area (Å²) in [5, 5.41) is 0. The summed E-state index contributed by atoms with van der Waals surface area (Å²) in [5.74, 6) is 1.41. The van der Waals surface area contributed by atoms with Crippen LogP contribution in [-0.2, 0) is 9.31 Å². The number of alkyl halides is 1. The molecule has 4 fully saturated rings. The van der Waals surface area contributed by atoms with Crippen molar-refractivity contribution < 1.29 is 9.31 Å². The van der Waals surface area contributed by atoms with Crippen LogP contribution in [0.2, 0.25) is 6.32 Å². The standard InChI is InChI=1S/C17H24BClO2/c1-15(2)12-9-13(15)16(3)14(10-12)20-18(21-16)11-17(19)7-5-4-6-8-17/h4-7,12-14H,8-11H2,1-3H3/t12-,13-,14+,16-,17+/m0/s1. The zero-order valence-electron chi connectivity index (χ0n) is 13.1. The molecule has 0 unspecified atom stereocenters. The van der Waals surface area contributed by atoms with Gasteiger partial charge in [0.1, 0.15) is 0 Å². The topological polar surface area (TPSA) is 18.5 Å². The van der Waals surface area contributed by atoms with Gasteiger partial charge in [-0.2, -0.15) is 0 Å². The van der Waals surface area contributed by atoms with Gasteiger partial charge in [-0.3, -0.25) is 0 Å². The normalized spacial score (nSPS) is 49.9. The van der Waals surface area contributed by atoms with Crippen molar-refractivity contribution in [1.82, 2.24) is 0 Å². The molecule has 5 rings (SSSR count). The summed E-state index contributed by atoms with van der Waals surface area (Å²) in [4.78, 5) is -0.345. The molecule has 114 valence electrons. The van der Waals surface area contributed by atoms with Gasteiger partial charge in [-0.05, 0) is 43.4 Å². The molecule has 1 saturated heterocycles. The highest BCUT2D eigenvalue weighted by molar-refractivity contribution is 6.48. The number of allylic oxidation sites excluding steroid dienone is 4. The molecular weight excluding hydrogens is 282 g/mol. The predicted molar refractivity (Wildman–Crippen MR) is 86.4 cm³/mol. The van der Waals surface area contributed by atoms with Crippen LogP contribution in [0.5, 0.6) is 0 Å². The van der Waals surface area contributed by atoms with Gasteiger partial charge in [-0.25, -0.2) is 0 Å². The Labute approximate surface area is 133 Å². The Balaban J connectivity index is 1.50. The minimum Gasteiger partial charge on any atom is -0.405 e. The highest BCUT2D eigenvalue weighted by Gasteiger charge is 2.68. The van der Waals surface area contributed by atoms with Gasteiger partial charge in [0, 0.05) is 6.32 Å². The molecule has 0 aromatic carbocycles. The van der Waals surface area contributed by atoms with Crippen LogP contribution in [0.3, 0.4) is 0 Å². The first-order valence-electron chi connectivity index (χ1n) is 8.20. The molecule has 4 aliphatic carbocycles. The first-order chi connectivity index (χ1) is 9.83. The largest absolute Gasteiger partial charge is 0.459 e. The summed E-state index contributed by atoms with van der Waals surface area (Å²) in [7, 11) is -0.163. The van der Waals surface area contributed by atoms with E-state index in [9.17, 15) is 0 Å². The molecule has 5 atom stereocenters. The van der Waals surface area contributed by atoms with Crippen LogP contribution in [0, 0.1) is 17.3 Å². The first-order valence-corrected chi connectivity index (χ1v) is 8.58. The predicted octanol–water partition coefficient (Wildman–Crippen LogP) is 4.21. The molecule has 3 saturated carbocycles. The van der Waals surface area contributed by atoms with Gasteiger partial charge >= 0.3 is 7.12 Å². The lowest BCUT2D eigenvalue weighted by Crippen LogP contribution is -2.65. The summed E-state index contributed by atoms with van der Waals surface area (Å²) in [6.07, 6.45) is 12.6. The number of hydrogen-bond donors (Lipinski definition) is 0. The molecule has 2 bridgehead atoms. The Morgan fingerprint density at radius 3 is 2.71 bits per heavy atom. The number of rotatable bonds is 2. The molecule has 1 aliphatic heterocycles. The Kier molecular flexibility index (Phi) is 3.01. The summed E-state index contributed by atoms with van der Waals surface area (Å²) >= 11 is 6.70. The van der Waals surface area contributed by atoms with Crippen molar-refractivity contribution in [2.24, 2.45) is 17.3 Å². The summed E-state index contributed by atoms with van der Waals surface area (Å²) in [6.45, 7) is 7.04. The van der Waals surface area contributed by atoms with Crippen molar-refractivity contribution in [3.8, 4) is 0 Å². The van der Waals surface area contributed by atoms with Crippen LogP contribution < -0.4 is 0 Å². The van der Waals surface area contributed by atoms with E-state index < -0.39 is 0 Å². The molecule has 4 heteroatoms. The van der Waals surface area contributed by atoms with Crippen LogP contribution in [0.4, 0.5) is 0 Å². The molecule has 5 aliphatic rings. The maximum Gasteiger partial charge on any atom is 0.459 e. The second-order valence-electron chi connectivity index (χ2n) is 8.13. The van der Waals surface area contributed by atoms with Crippen LogP contribution in [0.25, 0.3) is 0 Å². The second-order valence-corrected chi connectivity index (χ2v) is 8.88. The summed E-state index contributed by atoms with van der Waals surface area (Å²) in [5.41, 5.74) is 0.278. The highest BCUT2D eigenvalue weighted by atomic mass is 35.5. The van der Waals surface area contributed by atoms with E-state index in [2.05, 4.69) is 39.0 Å². The van der Waals surface area contributed by atoms with Gasteiger partial charge < -0.3 is 9.31 Å². The molecule has 0 radical (unpaired) electrons. The van der Waals surface area contributed by atoms with Crippen molar-refractivity contribution in [1.29, 1.82) is 0 Å². The first kappa shape index (κ1) is 14.4. The molecule has 0 aromatic rings. The average Bonchev–Trinajstić information content (AvgIpc) is 2.73. The SMILES string of the molecule is CC1(C)[C@@H]2C[C@H]3OB(C[C@@]4(Cl)C=CC=CC4)O[C@@]3(C)[C@H]1C2. The van der Waals surface area contributed by atoms with Gasteiger partial charge in [0.25, 0.3) is 0 Å². The van der Waals surface area contributed by atoms with Crippen LogP contribution in [0.15, 0.2) is 24.3 Å². The van der Waals surface area contributed by atoms with Crippen LogP contribution >= 0.6 is 11.6 Å². The Hall–Kier alpha value is -0.245. The monoisotopic (exact) mass is 306 g/mol. The fourth-order valence-corrected chi connectivity index (χ4v) is 5.39. The molecule has 1 heterocycles. The van der Waals surface area contributed by atoms with Gasteiger partial charge in [0.2, 0.25) is 0 Å². The lowest BCUT2D eigenvalue weighted by atomic mass is 9.43. The van der Waals surface area contributed by atoms with Gasteiger partial charge in [0.05, 0.1) is 16.6 Å².